The van der Waals surface area contributed by atoms with Gasteiger partial charge < -0.3 is 0 Å². The SMILES string of the molecule is Cc1cc(C)c(S(=O)(=O)c2ccc([N+](=O)[O-])c3ccccc23)c(C)c1. The smallest absolute Gasteiger partial charge is 0.258 e. The number of nitrogens with zero attached hydrogens (tertiary/aromatic N) is 1. The van der Waals surface area contributed by atoms with Crippen LogP contribution in [0.15, 0.2) is 58.3 Å². The Bertz CT molecular complexity index is 1090. The fourth-order valence-corrected chi connectivity index (χ4v) is 5.25. The number of nitro groups is 1. The van der Waals surface area contributed by atoms with Gasteiger partial charge in [-0.05, 0) is 44.0 Å². The van der Waals surface area contributed by atoms with Crippen molar-refractivity contribution in [3.63, 3.8) is 0 Å². The van der Waals surface area contributed by atoms with Crippen molar-refractivity contribution in [2.45, 2.75) is 30.6 Å². The van der Waals surface area contributed by atoms with Crippen molar-refractivity contribution < 1.29 is 13.3 Å². The van der Waals surface area contributed by atoms with Gasteiger partial charge in [-0.3, -0.25) is 10.1 Å². The van der Waals surface area contributed by atoms with Crippen LogP contribution in [0.2, 0.25) is 0 Å². The molecule has 0 N–H and O–H groups in total. The second kappa shape index (κ2) is 5.97. The summed E-state index contributed by atoms with van der Waals surface area (Å²) in [6.07, 6.45) is 0. The summed E-state index contributed by atoms with van der Waals surface area (Å²) in [7, 11) is -3.81. The van der Waals surface area contributed by atoms with Gasteiger partial charge in [0.25, 0.3) is 5.69 Å². The normalized spacial score (nSPS) is 11.6. The summed E-state index contributed by atoms with van der Waals surface area (Å²) in [4.78, 5) is 11.1. The van der Waals surface area contributed by atoms with E-state index in [2.05, 4.69) is 0 Å². The molecule has 0 heterocycles. The average Bonchev–Trinajstić information content (AvgIpc) is 2.52. The van der Waals surface area contributed by atoms with Crippen LogP contribution in [0.1, 0.15) is 16.7 Å². The zero-order valence-electron chi connectivity index (χ0n) is 14.1. The van der Waals surface area contributed by atoms with Gasteiger partial charge in [-0.15, -0.1) is 0 Å². The molecule has 3 rings (SSSR count). The van der Waals surface area contributed by atoms with Crippen LogP contribution in [0.4, 0.5) is 5.69 Å². The molecule has 5 nitrogen and oxygen atoms in total. The second-order valence-electron chi connectivity index (χ2n) is 6.12. The Morgan fingerprint density at radius 3 is 2.00 bits per heavy atom. The summed E-state index contributed by atoms with van der Waals surface area (Å²) in [6.45, 7) is 5.44. The van der Waals surface area contributed by atoms with Crippen molar-refractivity contribution in [1.82, 2.24) is 0 Å². The van der Waals surface area contributed by atoms with E-state index in [1.807, 2.05) is 19.1 Å². The number of aryl methyl sites for hydroxylation is 3. The van der Waals surface area contributed by atoms with Crippen molar-refractivity contribution >= 4 is 26.3 Å². The van der Waals surface area contributed by atoms with E-state index in [9.17, 15) is 18.5 Å². The topological polar surface area (TPSA) is 77.3 Å². The first kappa shape index (κ1) is 17.1. The first-order valence-electron chi connectivity index (χ1n) is 7.72. The van der Waals surface area contributed by atoms with Gasteiger partial charge in [-0.25, -0.2) is 8.42 Å². The van der Waals surface area contributed by atoms with Crippen LogP contribution in [0.3, 0.4) is 0 Å². The number of hydrogen-bond donors (Lipinski definition) is 0. The fraction of sp³-hybridized carbons (Fsp3) is 0.158. The lowest BCUT2D eigenvalue weighted by Crippen LogP contribution is -2.08. The Kier molecular flexibility index (Phi) is 4.08. The van der Waals surface area contributed by atoms with Crippen molar-refractivity contribution in [2.24, 2.45) is 0 Å². The molecule has 0 saturated carbocycles. The number of fused-ring (bicyclic) bond motifs is 1. The second-order valence-corrected chi connectivity index (χ2v) is 7.97. The van der Waals surface area contributed by atoms with Crippen LogP contribution in [-0.4, -0.2) is 13.3 Å². The lowest BCUT2D eigenvalue weighted by Gasteiger charge is -2.14. The summed E-state index contributed by atoms with van der Waals surface area (Å²) < 4.78 is 26.6. The summed E-state index contributed by atoms with van der Waals surface area (Å²) >= 11 is 0. The number of hydrogen-bond acceptors (Lipinski definition) is 4. The van der Waals surface area contributed by atoms with E-state index in [4.69, 9.17) is 0 Å². The van der Waals surface area contributed by atoms with E-state index in [0.29, 0.717) is 21.9 Å². The number of benzene rings is 3. The molecule has 0 spiro atoms. The molecule has 0 fully saturated rings. The van der Waals surface area contributed by atoms with Gasteiger partial charge >= 0.3 is 0 Å². The minimum atomic E-state index is -3.81. The summed E-state index contributed by atoms with van der Waals surface area (Å²) in [6, 6.07) is 12.8. The largest absolute Gasteiger partial charge is 0.277 e. The Balaban J connectivity index is 2.38. The van der Waals surface area contributed by atoms with Gasteiger partial charge in [-0.1, -0.05) is 35.9 Å². The highest BCUT2D eigenvalue weighted by atomic mass is 32.2. The Hall–Kier alpha value is -2.73. The van der Waals surface area contributed by atoms with Gasteiger partial charge in [0.2, 0.25) is 9.84 Å². The lowest BCUT2D eigenvalue weighted by molar-refractivity contribution is -0.383. The molecule has 0 bridgehead atoms. The maximum absolute atomic E-state index is 13.3. The van der Waals surface area contributed by atoms with E-state index < -0.39 is 14.8 Å². The zero-order valence-corrected chi connectivity index (χ0v) is 14.9. The van der Waals surface area contributed by atoms with Crippen LogP contribution in [0, 0.1) is 30.9 Å². The number of nitro benzene ring substituents is 1. The lowest BCUT2D eigenvalue weighted by atomic mass is 10.1. The minimum absolute atomic E-state index is 0.0868. The molecule has 0 unspecified atom stereocenters. The monoisotopic (exact) mass is 355 g/mol. The zero-order chi connectivity index (χ0) is 18.4. The molecule has 0 aliphatic heterocycles. The highest BCUT2D eigenvalue weighted by Gasteiger charge is 2.26. The summed E-state index contributed by atoms with van der Waals surface area (Å²) in [5, 5.41) is 11.9. The molecular weight excluding hydrogens is 338 g/mol. The maximum Gasteiger partial charge on any atom is 0.277 e. The van der Waals surface area contributed by atoms with Gasteiger partial charge in [0.05, 0.1) is 20.1 Å². The van der Waals surface area contributed by atoms with Crippen LogP contribution in [-0.2, 0) is 9.84 Å². The minimum Gasteiger partial charge on any atom is -0.258 e. The predicted molar refractivity (Wildman–Crippen MR) is 96.7 cm³/mol. The Morgan fingerprint density at radius 2 is 1.44 bits per heavy atom. The molecule has 3 aromatic carbocycles. The van der Waals surface area contributed by atoms with E-state index >= 15 is 0 Å². The quantitative estimate of drug-likeness (QED) is 0.512. The standard InChI is InChI=1S/C19H17NO4S/c1-12-10-13(2)19(14(3)11-12)25(23,24)18-9-8-17(20(21)22)15-6-4-5-7-16(15)18/h4-11H,1-3H3. The maximum atomic E-state index is 13.3. The predicted octanol–water partition coefficient (Wildman–Crippen LogP) is 4.51. The highest BCUT2D eigenvalue weighted by molar-refractivity contribution is 7.91. The molecule has 0 atom stereocenters. The first-order valence-corrected chi connectivity index (χ1v) is 9.21. The molecule has 0 saturated heterocycles. The molecule has 0 radical (unpaired) electrons. The third kappa shape index (κ3) is 2.78. The summed E-state index contributed by atoms with van der Waals surface area (Å²) in [5.74, 6) is 0. The molecule has 0 aliphatic rings. The number of rotatable bonds is 3. The number of non-ortho nitro benzene ring substituents is 1. The fourth-order valence-electron chi connectivity index (χ4n) is 3.35. The Labute approximate surface area is 146 Å². The van der Waals surface area contributed by atoms with Crippen LogP contribution in [0.25, 0.3) is 10.8 Å². The van der Waals surface area contributed by atoms with Gasteiger partial charge in [0.1, 0.15) is 0 Å². The van der Waals surface area contributed by atoms with Gasteiger partial charge in [-0.2, -0.15) is 0 Å². The molecule has 0 amide bonds. The van der Waals surface area contributed by atoms with E-state index in [0.717, 1.165) is 5.56 Å². The Morgan fingerprint density at radius 1 is 0.880 bits per heavy atom. The van der Waals surface area contributed by atoms with Crippen LogP contribution >= 0.6 is 0 Å². The molecule has 0 aromatic heterocycles. The van der Waals surface area contributed by atoms with Crippen LogP contribution in [0.5, 0.6) is 0 Å². The van der Waals surface area contributed by atoms with Crippen molar-refractivity contribution in [1.29, 1.82) is 0 Å². The van der Waals surface area contributed by atoms with Crippen molar-refractivity contribution in [3.8, 4) is 0 Å². The molecule has 25 heavy (non-hydrogen) atoms. The first-order chi connectivity index (χ1) is 11.7. The molecular formula is C19H17NO4S. The molecule has 3 aromatic rings. The third-order valence-electron chi connectivity index (χ3n) is 4.22. The van der Waals surface area contributed by atoms with E-state index in [1.165, 1.54) is 12.1 Å². The average molecular weight is 355 g/mol. The number of sulfone groups is 1. The molecule has 0 aliphatic carbocycles. The van der Waals surface area contributed by atoms with Crippen molar-refractivity contribution in [2.75, 3.05) is 0 Å². The molecule has 6 heteroatoms. The van der Waals surface area contributed by atoms with E-state index in [-0.39, 0.29) is 15.5 Å². The van der Waals surface area contributed by atoms with Crippen molar-refractivity contribution in [3.05, 3.63) is 75.3 Å². The van der Waals surface area contributed by atoms with E-state index in [1.54, 1.807) is 38.1 Å². The van der Waals surface area contributed by atoms with Gasteiger partial charge in [0.15, 0.2) is 0 Å². The summed E-state index contributed by atoms with van der Waals surface area (Å²) in [5.41, 5.74) is 2.22. The molecule has 128 valence electrons. The van der Waals surface area contributed by atoms with Gasteiger partial charge in [0, 0.05) is 11.5 Å². The third-order valence-corrected chi connectivity index (χ3v) is 6.34. The van der Waals surface area contributed by atoms with Crippen LogP contribution < -0.4 is 0 Å². The highest BCUT2D eigenvalue weighted by Crippen LogP contribution is 2.35.